The first-order valence-corrected chi connectivity index (χ1v) is 11.0. The Morgan fingerprint density at radius 2 is 2.03 bits per heavy atom. The van der Waals surface area contributed by atoms with Gasteiger partial charge in [0.05, 0.1) is 23.2 Å². The maximum Gasteiger partial charge on any atom is 0.233 e. The molecule has 0 saturated heterocycles. The molecule has 1 unspecified atom stereocenters. The summed E-state index contributed by atoms with van der Waals surface area (Å²) in [6, 6.07) is 14.4. The second kappa shape index (κ2) is 8.78. The average molecular weight is 408 g/mol. The summed E-state index contributed by atoms with van der Waals surface area (Å²) >= 11 is 1.44. The number of aromatic nitrogens is 4. The molecule has 1 atom stereocenters. The van der Waals surface area contributed by atoms with Crippen LogP contribution >= 0.6 is 11.8 Å². The number of rotatable bonds is 8. The van der Waals surface area contributed by atoms with Crippen molar-refractivity contribution < 1.29 is 4.79 Å². The highest BCUT2D eigenvalue weighted by molar-refractivity contribution is 7.99. The summed E-state index contributed by atoms with van der Waals surface area (Å²) in [5.74, 6) is 0.453. The van der Waals surface area contributed by atoms with Gasteiger partial charge < -0.3 is 4.90 Å². The predicted molar refractivity (Wildman–Crippen MR) is 114 cm³/mol. The van der Waals surface area contributed by atoms with Gasteiger partial charge in [-0.25, -0.2) is 0 Å². The molecule has 1 aliphatic carbocycles. The molecular formula is C22H25N5OS. The lowest BCUT2D eigenvalue weighted by atomic mass is 10.1. The van der Waals surface area contributed by atoms with E-state index in [-0.39, 0.29) is 11.9 Å². The largest absolute Gasteiger partial charge is 0.331 e. The molecule has 1 saturated carbocycles. The quantitative estimate of drug-likeness (QED) is 0.527. The van der Waals surface area contributed by atoms with E-state index in [0.29, 0.717) is 11.8 Å². The Labute approximate surface area is 175 Å². The Kier molecular flexibility index (Phi) is 5.94. The number of nitrogens with zero attached hydrogens (tertiary/aromatic N) is 5. The molecule has 1 fully saturated rings. The second-order valence-corrected chi connectivity index (χ2v) is 8.16. The van der Waals surface area contributed by atoms with Crippen LogP contribution in [0.25, 0.3) is 5.69 Å². The highest BCUT2D eigenvalue weighted by Crippen LogP contribution is 2.35. The van der Waals surface area contributed by atoms with Crippen molar-refractivity contribution >= 4 is 17.7 Å². The van der Waals surface area contributed by atoms with Crippen LogP contribution < -0.4 is 0 Å². The average Bonchev–Trinajstić information content (AvgIpc) is 3.48. The van der Waals surface area contributed by atoms with Crippen molar-refractivity contribution in [3.8, 4) is 5.69 Å². The first-order chi connectivity index (χ1) is 14.2. The minimum absolute atomic E-state index is 0.0320. The topological polar surface area (TPSA) is 63.9 Å². The number of carbonyl (C=O) groups excluding carboxylic acids is 1. The molecule has 1 amide bonds. The summed E-state index contributed by atoms with van der Waals surface area (Å²) in [4.78, 5) is 19.6. The first kappa shape index (κ1) is 19.6. The van der Waals surface area contributed by atoms with Crippen molar-refractivity contribution in [3.05, 3.63) is 66.2 Å². The third kappa shape index (κ3) is 4.34. The molecule has 0 bridgehead atoms. The van der Waals surface area contributed by atoms with E-state index in [4.69, 9.17) is 0 Å². The van der Waals surface area contributed by atoms with Crippen molar-refractivity contribution in [2.75, 3.05) is 5.75 Å². The number of benzene rings is 1. The molecule has 1 aromatic carbocycles. The SMILES string of the molecule is CCc1ccccc1-n1cnnc1SCC(=O)N(C1CC1)C(C)c1ccccn1. The van der Waals surface area contributed by atoms with Crippen LogP contribution in [0.3, 0.4) is 0 Å². The van der Waals surface area contributed by atoms with E-state index < -0.39 is 0 Å². The maximum atomic E-state index is 13.1. The Hall–Kier alpha value is -2.67. The summed E-state index contributed by atoms with van der Waals surface area (Å²) in [7, 11) is 0. The van der Waals surface area contributed by atoms with E-state index in [9.17, 15) is 4.79 Å². The molecule has 0 spiro atoms. The minimum atomic E-state index is -0.0320. The van der Waals surface area contributed by atoms with E-state index >= 15 is 0 Å². The molecule has 0 aliphatic heterocycles. The number of thioether (sulfide) groups is 1. The molecule has 2 heterocycles. The zero-order chi connectivity index (χ0) is 20.2. The molecule has 4 rings (SSSR count). The van der Waals surface area contributed by atoms with E-state index in [1.54, 1.807) is 12.5 Å². The molecule has 0 radical (unpaired) electrons. The van der Waals surface area contributed by atoms with Gasteiger partial charge >= 0.3 is 0 Å². The number of pyridine rings is 1. The highest BCUT2D eigenvalue weighted by Gasteiger charge is 2.36. The highest BCUT2D eigenvalue weighted by atomic mass is 32.2. The monoisotopic (exact) mass is 407 g/mol. The fourth-order valence-electron chi connectivity index (χ4n) is 3.59. The molecule has 2 aromatic heterocycles. The van der Waals surface area contributed by atoms with Crippen LogP contribution in [0.1, 0.15) is 44.0 Å². The van der Waals surface area contributed by atoms with Gasteiger partial charge in [0.15, 0.2) is 5.16 Å². The summed E-state index contributed by atoms with van der Waals surface area (Å²) in [5, 5.41) is 9.08. The van der Waals surface area contributed by atoms with Gasteiger partial charge in [-0.3, -0.25) is 14.3 Å². The summed E-state index contributed by atoms with van der Waals surface area (Å²) in [6.45, 7) is 4.19. The van der Waals surface area contributed by atoms with Crippen LogP contribution in [0.15, 0.2) is 60.1 Å². The van der Waals surface area contributed by atoms with Crippen LogP contribution in [0.4, 0.5) is 0 Å². The normalized spacial score (nSPS) is 14.6. The number of para-hydroxylation sites is 1. The number of carbonyl (C=O) groups is 1. The van der Waals surface area contributed by atoms with Crippen molar-refractivity contribution in [2.24, 2.45) is 0 Å². The minimum Gasteiger partial charge on any atom is -0.331 e. The van der Waals surface area contributed by atoms with Crippen molar-refractivity contribution in [3.63, 3.8) is 0 Å². The third-order valence-electron chi connectivity index (χ3n) is 5.23. The van der Waals surface area contributed by atoms with Crippen molar-refractivity contribution in [1.29, 1.82) is 0 Å². The van der Waals surface area contributed by atoms with Gasteiger partial charge in [-0.2, -0.15) is 0 Å². The van der Waals surface area contributed by atoms with Gasteiger partial charge in [-0.1, -0.05) is 43.0 Å². The molecule has 6 nitrogen and oxygen atoms in total. The Balaban J connectivity index is 1.49. The lowest BCUT2D eigenvalue weighted by Crippen LogP contribution is -2.37. The zero-order valence-corrected chi connectivity index (χ0v) is 17.5. The molecule has 7 heteroatoms. The number of amides is 1. The Bertz CT molecular complexity index is 970. The van der Waals surface area contributed by atoms with Crippen LogP contribution in [-0.4, -0.2) is 42.4 Å². The molecular weight excluding hydrogens is 382 g/mol. The number of hydrogen-bond acceptors (Lipinski definition) is 5. The van der Waals surface area contributed by atoms with Crippen LogP contribution in [0, 0.1) is 0 Å². The van der Waals surface area contributed by atoms with Gasteiger partial charge in [0.1, 0.15) is 6.33 Å². The van der Waals surface area contributed by atoms with Gasteiger partial charge in [0.25, 0.3) is 0 Å². The predicted octanol–water partition coefficient (Wildman–Crippen LogP) is 4.07. The maximum absolute atomic E-state index is 13.1. The smallest absolute Gasteiger partial charge is 0.233 e. The van der Waals surface area contributed by atoms with Gasteiger partial charge in [0.2, 0.25) is 5.91 Å². The molecule has 1 aliphatic rings. The van der Waals surface area contributed by atoms with Gasteiger partial charge in [-0.05, 0) is 49.9 Å². The second-order valence-electron chi connectivity index (χ2n) is 7.22. The van der Waals surface area contributed by atoms with E-state index in [1.165, 1.54) is 17.3 Å². The third-order valence-corrected chi connectivity index (χ3v) is 6.16. The number of aryl methyl sites for hydroxylation is 1. The molecule has 3 aromatic rings. The lowest BCUT2D eigenvalue weighted by Gasteiger charge is -2.29. The van der Waals surface area contributed by atoms with Crippen molar-refractivity contribution in [2.45, 2.75) is 50.4 Å². The molecule has 0 N–H and O–H groups in total. The van der Waals surface area contributed by atoms with Gasteiger partial charge in [0, 0.05) is 12.2 Å². The Morgan fingerprint density at radius 3 is 2.76 bits per heavy atom. The number of hydrogen-bond donors (Lipinski definition) is 0. The molecule has 29 heavy (non-hydrogen) atoms. The summed E-state index contributed by atoms with van der Waals surface area (Å²) < 4.78 is 1.97. The lowest BCUT2D eigenvalue weighted by molar-refractivity contribution is -0.131. The standard InChI is InChI=1S/C22H25N5OS/c1-3-17-8-4-5-10-20(17)26-15-24-25-22(26)29-14-21(28)27(18-11-12-18)16(2)19-9-6-7-13-23-19/h4-10,13,15-16,18H,3,11-12,14H2,1-2H3. The first-order valence-electron chi connectivity index (χ1n) is 10.0. The fourth-order valence-corrected chi connectivity index (χ4v) is 4.38. The Morgan fingerprint density at radius 1 is 1.24 bits per heavy atom. The van der Waals surface area contributed by atoms with E-state index in [2.05, 4.69) is 41.2 Å². The van der Waals surface area contributed by atoms with E-state index in [1.807, 2.05) is 39.8 Å². The van der Waals surface area contributed by atoms with E-state index in [0.717, 1.165) is 35.8 Å². The van der Waals surface area contributed by atoms with Crippen LogP contribution in [-0.2, 0) is 11.2 Å². The summed E-state index contributed by atoms with van der Waals surface area (Å²) in [5.41, 5.74) is 3.22. The zero-order valence-electron chi connectivity index (χ0n) is 16.7. The van der Waals surface area contributed by atoms with Gasteiger partial charge in [-0.15, -0.1) is 10.2 Å². The fraction of sp³-hybridized carbons (Fsp3) is 0.364. The van der Waals surface area contributed by atoms with Crippen molar-refractivity contribution in [1.82, 2.24) is 24.6 Å². The van der Waals surface area contributed by atoms with Crippen LogP contribution in [0.2, 0.25) is 0 Å². The van der Waals surface area contributed by atoms with Crippen LogP contribution in [0.5, 0.6) is 0 Å². The molecule has 150 valence electrons. The summed E-state index contributed by atoms with van der Waals surface area (Å²) in [6.07, 6.45) is 6.55.